The van der Waals surface area contributed by atoms with E-state index in [1.807, 2.05) is 55.5 Å². The molecule has 0 radical (unpaired) electrons. The first kappa shape index (κ1) is 16.5. The molecule has 4 rings (SSSR count). The predicted octanol–water partition coefficient (Wildman–Crippen LogP) is 4.52. The number of aromatic nitrogens is 2. The number of nitrogens with zero attached hydrogens (tertiary/aromatic N) is 2. The van der Waals surface area contributed by atoms with Gasteiger partial charge in [-0.1, -0.05) is 29.8 Å². The summed E-state index contributed by atoms with van der Waals surface area (Å²) in [5.41, 5.74) is 2.69. The van der Waals surface area contributed by atoms with Crippen LogP contribution in [-0.4, -0.2) is 16.8 Å². The summed E-state index contributed by atoms with van der Waals surface area (Å²) in [6.07, 6.45) is 0. The smallest absolute Gasteiger partial charge is 0.231 e. The van der Waals surface area contributed by atoms with Crippen molar-refractivity contribution in [3.63, 3.8) is 0 Å². The van der Waals surface area contributed by atoms with Crippen LogP contribution in [0.25, 0.3) is 0 Å². The molecule has 26 heavy (non-hydrogen) atoms. The van der Waals surface area contributed by atoms with Gasteiger partial charge in [0.05, 0.1) is 0 Å². The monoisotopic (exact) mass is 368 g/mol. The number of hydrogen-bond acceptors (Lipinski definition) is 6. The molecule has 0 saturated carbocycles. The number of nitrogens with one attached hydrogen (secondary N) is 2. The fourth-order valence-corrected chi connectivity index (χ4v) is 2.85. The second-order valence-corrected chi connectivity index (χ2v) is 6.26. The predicted molar refractivity (Wildman–Crippen MR) is 101 cm³/mol. The lowest BCUT2D eigenvalue weighted by Crippen LogP contribution is -2.06. The lowest BCUT2D eigenvalue weighted by molar-refractivity contribution is 0.174. The first-order valence-electron chi connectivity index (χ1n) is 8.17. The van der Waals surface area contributed by atoms with Crippen LogP contribution in [0.3, 0.4) is 0 Å². The second kappa shape index (κ2) is 7.09. The Morgan fingerprint density at radius 1 is 1.04 bits per heavy atom. The lowest BCUT2D eigenvalue weighted by Gasteiger charge is -2.11. The Morgan fingerprint density at radius 3 is 2.77 bits per heavy atom. The summed E-state index contributed by atoms with van der Waals surface area (Å²) in [6, 6.07) is 15.2. The van der Waals surface area contributed by atoms with E-state index >= 15 is 0 Å². The number of benzene rings is 2. The Balaban J connectivity index is 1.50. The third kappa shape index (κ3) is 3.65. The van der Waals surface area contributed by atoms with E-state index in [0.29, 0.717) is 18.2 Å². The molecule has 7 heteroatoms. The molecule has 0 saturated heterocycles. The summed E-state index contributed by atoms with van der Waals surface area (Å²) >= 11 is 6.20. The van der Waals surface area contributed by atoms with Crippen LogP contribution in [0.2, 0.25) is 5.02 Å². The third-order valence-corrected chi connectivity index (χ3v) is 4.27. The van der Waals surface area contributed by atoms with Crippen LogP contribution in [0.4, 0.5) is 17.5 Å². The summed E-state index contributed by atoms with van der Waals surface area (Å²) < 4.78 is 10.7. The molecule has 0 atom stereocenters. The number of rotatable bonds is 5. The lowest BCUT2D eigenvalue weighted by atomic mass is 10.2. The molecule has 2 aromatic carbocycles. The summed E-state index contributed by atoms with van der Waals surface area (Å²) in [6.45, 7) is 2.75. The molecule has 3 aromatic rings. The van der Waals surface area contributed by atoms with E-state index in [4.69, 9.17) is 21.1 Å². The Kier molecular flexibility index (Phi) is 4.50. The Morgan fingerprint density at radius 2 is 1.88 bits per heavy atom. The molecule has 0 amide bonds. The van der Waals surface area contributed by atoms with Crippen molar-refractivity contribution in [3.05, 3.63) is 64.8 Å². The first-order chi connectivity index (χ1) is 12.7. The van der Waals surface area contributed by atoms with Crippen LogP contribution in [0, 0.1) is 6.92 Å². The molecule has 1 aliphatic heterocycles. The number of aryl methyl sites for hydroxylation is 1. The van der Waals surface area contributed by atoms with Gasteiger partial charge in [-0.2, -0.15) is 4.98 Å². The van der Waals surface area contributed by atoms with Crippen molar-refractivity contribution in [1.82, 2.24) is 9.97 Å². The van der Waals surface area contributed by atoms with Gasteiger partial charge in [-0.15, -0.1) is 0 Å². The molecule has 6 nitrogen and oxygen atoms in total. The van der Waals surface area contributed by atoms with E-state index in [-0.39, 0.29) is 6.79 Å². The van der Waals surface area contributed by atoms with Gasteiger partial charge in [-0.3, -0.25) is 0 Å². The van der Waals surface area contributed by atoms with Gasteiger partial charge in [0.15, 0.2) is 11.5 Å². The van der Waals surface area contributed by atoms with Gasteiger partial charge in [-0.05, 0) is 30.7 Å². The molecule has 132 valence electrons. The van der Waals surface area contributed by atoms with Gasteiger partial charge < -0.3 is 20.1 Å². The molecule has 2 N–H and O–H groups in total. The van der Waals surface area contributed by atoms with Crippen molar-refractivity contribution in [3.8, 4) is 11.5 Å². The highest BCUT2D eigenvalue weighted by Gasteiger charge is 2.13. The maximum absolute atomic E-state index is 6.20. The molecule has 0 aliphatic carbocycles. The zero-order valence-corrected chi connectivity index (χ0v) is 14.9. The zero-order chi connectivity index (χ0) is 17.9. The van der Waals surface area contributed by atoms with E-state index in [1.165, 1.54) is 0 Å². The van der Waals surface area contributed by atoms with Crippen molar-refractivity contribution in [2.24, 2.45) is 0 Å². The molecule has 0 bridgehead atoms. The summed E-state index contributed by atoms with van der Waals surface area (Å²) in [5, 5.41) is 7.22. The first-order valence-corrected chi connectivity index (χ1v) is 8.55. The molecular weight excluding hydrogens is 352 g/mol. The molecule has 1 aromatic heterocycles. The largest absolute Gasteiger partial charge is 0.454 e. The van der Waals surface area contributed by atoms with E-state index in [1.54, 1.807) is 0 Å². The van der Waals surface area contributed by atoms with Gasteiger partial charge in [-0.25, -0.2) is 4.98 Å². The summed E-state index contributed by atoms with van der Waals surface area (Å²) in [5.74, 6) is 2.67. The Bertz CT molecular complexity index is 949. The standard InChI is InChI=1S/C19H17ClN4O2/c1-12-8-18(21-10-13-4-2-3-5-15(13)20)24-19(22-12)23-14-6-7-16-17(9-14)26-11-25-16/h2-9H,10-11H2,1H3,(H2,21,22,23,24). The average Bonchev–Trinajstić information content (AvgIpc) is 3.08. The quantitative estimate of drug-likeness (QED) is 0.690. The molecule has 1 aliphatic rings. The van der Waals surface area contributed by atoms with Gasteiger partial charge in [0.1, 0.15) is 5.82 Å². The Hall–Kier alpha value is -2.99. The number of hydrogen-bond donors (Lipinski definition) is 2. The fourth-order valence-electron chi connectivity index (χ4n) is 2.65. The molecule has 2 heterocycles. The highest BCUT2D eigenvalue weighted by atomic mass is 35.5. The molecule has 0 spiro atoms. The molecule has 0 fully saturated rings. The number of anilines is 3. The van der Waals surface area contributed by atoms with Crippen LogP contribution in [0.1, 0.15) is 11.3 Å². The zero-order valence-electron chi connectivity index (χ0n) is 14.1. The number of halogens is 1. The number of ether oxygens (including phenoxy) is 2. The maximum atomic E-state index is 6.20. The summed E-state index contributed by atoms with van der Waals surface area (Å²) in [7, 11) is 0. The van der Waals surface area contributed by atoms with Crippen molar-refractivity contribution < 1.29 is 9.47 Å². The summed E-state index contributed by atoms with van der Waals surface area (Å²) in [4.78, 5) is 8.95. The van der Waals surface area contributed by atoms with Crippen LogP contribution in [0.5, 0.6) is 11.5 Å². The van der Waals surface area contributed by atoms with Crippen LogP contribution in [0.15, 0.2) is 48.5 Å². The van der Waals surface area contributed by atoms with Gasteiger partial charge >= 0.3 is 0 Å². The molecule has 0 unspecified atom stereocenters. The SMILES string of the molecule is Cc1cc(NCc2ccccc2Cl)nc(Nc2ccc3c(c2)OCO3)n1. The Labute approximate surface area is 156 Å². The normalized spacial score (nSPS) is 12.1. The average molecular weight is 369 g/mol. The van der Waals surface area contributed by atoms with Crippen molar-refractivity contribution in [2.45, 2.75) is 13.5 Å². The third-order valence-electron chi connectivity index (χ3n) is 3.90. The minimum absolute atomic E-state index is 0.246. The highest BCUT2D eigenvalue weighted by molar-refractivity contribution is 6.31. The second-order valence-electron chi connectivity index (χ2n) is 5.86. The van der Waals surface area contributed by atoms with Crippen molar-refractivity contribution in [1.29, 1.82) is 0 Å². The van der Waals surface area contributed by atoms with Crippen molar-refractivity contribution >= 4 is 29.1 Å². The topological polar surface area (TPSA) is 68.3 Å². The van der Waals surface area contributed by atoms with Gasteiger partial charge in [0.25, 0.3) is 0 Å². The van der Waals surface area contributed by atoms with Crippen LogP contribution >= 0.6 is 11.6 Å². The highest BCUT2D eigenvalue weighted by Crippen LogP contribution is 2.34. The van der Waals surface area contributed by atoms with Crippen LogP contribution in [-0.2, 0) is 6.54 Å². The minimum atomic E-state index is 0.246. The van der Waals surface area contributed by atoms with E-state index in [0.717, 1.165) is 33.5 Å². The molecular formula is C19H17ClN4O2. The maximum Gasteiger partial charge on any atom is 0.231 e. The van der Waals surface area contributed by atoms with E-state index < -0.39 is 0 Å². The fraction of sp³-hybridized carbons (Fsp3) is 0.158. The van der Waals surface area contributed by atoms with Gasteiger partial charge in [0.2, 0.25) is 12.7 Å². The van der Waals surface area contributed by atoms with E-state index in [2.05, 4.69) is 20.6 Å². The minimum Gasteiger partial charge on any atom is -0.454 e. The van der Waals surface area contributed by atoms with Crippen molar-refractivity contribution in [2.75, 3.05) is 17.4 Å². The van der Waals surface area contributed by atoms with Crippen LogP contribution < -0.4 is 20.1 Å². The number of fused-ring (bicyclic) bond motifs is 1. The van der Waals surface area contributed by atoms with E-state index in [9.17, 15) is 0 Å². The van der Waals surface area contributed by atoms with Gasteiger partial charge in [0, 0.05) is 35.1 Å².